The van der Waals surface area contributed by atoms with Crippen molar-refractivity contribution in [2.24, 2.45) is 0 Å². The maximum absolute atomic E-state index is 13.6. The van der Waals surface area contributed by atoms with Crippen molar-refractivity contribution in [1.82, 2.24) is 9.80 Å². The molecule has 9 heteroatoms. The van der Waals surface area contributed by atoms with Gasteiger partial charge in [0.1, 0.15) is 11.5 Å². The number of Topliss-reactive ketones (excluding diaryl/α,β-unsaturated/α-hetero) is 1. The first-order valence-electron chi connectivity index (χ1n) is 16.0. The Hall–Kier alpha value is -3.56. The molecule has 2 aromatic rings. The first-order chi connectivity index (χ1) is 21.4. The van der Waals surface area contributed by atoms with Crippen molar-refractivity contribution in [1.29, 1.82) is 0 Å². The molecule has 1 amide bonds. The average molecular weight is 609 g/mol. The van der Waals surface area contributed by atoms with Crippen LogP contribution in [-0.4, -0.2) is 86.3 Å². The molecule has 2 fully saturated rings. The van der Waals surface area contributed by atoms with Crippen LogP contribution in [0.25, 0.3) is 5.76 Å². The predicted molar refractivity (Wildman–Crippen MR) is 170 cm³/mol. The fourth-order valence-electron chi connectivity index (χ4n) is 5.69. The van der Waals surface area contributed by atoms with Crippen molar-refractivity contribution in [2.75, 3.05) is 59.7 Å². The van der Waals surface area contributed by atoms with E-state index in [1.54, 1.807) is 30.2 Å². The zero-order chi connectivity index (χ0) is 31.5. The number of hydrogen-bond donors (Lipinski definition) is 1. The Morgan fingerprint density at radius 3 is 2.30 bits per heavy atom. The number of unbranched alkanes of at least 4 members (excludes halogenated alkanes) is 3. The summed E-state index contributed by atoms with van der Waals surface area (Å²) in [6.07, 6.45) is 5.76. The Kier molecular flexibility index (Phi) is 12.5. The summed E-state index contributed by atoms with van der Waals surface area (Å²) in [4.78, 5) is 31.0. The lowest BCUT2D eigenvalue weighted by molar-refractivity contribution is -0.140. The number of hydrogen-bond acceptors (Lipinski definition) is 8. The van der Waals surface area contributed by atoms with E-state index in [1.165, 1.54) is 0 Å². The lowest BCUT2D eigenvalue weighted by Gasteiger charge is -2.29. The van der Waals surface area contributed by atoms with Gasteiger partial charge in [0.25, 0.3) is 11.7 Å². The third-order valence-electron chi connectivity index (χ3n) is 8.23. The van der Waals surface area contributed by atoms with Gasteiger partial charge in [0.15, 0.2) is 11.5 Å². The molecular formula is C35H48N2O7. The molecule has 2 aliphatic rings. The fraction of sp³-hybridized carbons (Fsp3) is 0.543. The van der Waals surface area contributed by atoms with Crippen LogP contribution in [0.2, 0.25) is 0 Å². The van der Waals surface area contributed by atoms with Crippen molar-refractivity contribution in [3.8, 4) is 17.2 Å². The molecule has 2 saturated heterocycles. The maximum Gasteiger partial charge on any atom is 0.295 e. The normalized spacial score (nSPS) is 18.5. The Morgan fingerprint density at radius 1 is 0.886 bits per heavy atom. The van der Waals surface area contributed by atoms with Gasteiger partial charge in [0.05, 0.1) is 45.2 Å². The quantitative estimate of drug-likeness (QED) is 0.109. The van der Waals surface area contributed by atoms with Gasteiger partial charge in [-0.05, 0) is 67.6 Å². The van der Waals surface area contributed by atoms with Crippen LogP contribution in [-0.2, 0) is 14.3 Å². The van der Waals surface area contributed by atoms with Gasteiger partial charge in [-0.1, -0.05) is 39.2 Å². The minimum atomic E-state index is -0.775. The second kappa shape index (κ2) is 16.5. The molecule has 0 saturated carbocycles. The van der Waals surface area contributed by atoms with E-state index in [-0.39, 0.29) is 11.3 Å². The smallest absolute Gasteiger partial charge is 0.295 e. The van der Waals surface area contributed by atoms with Crippen molar-refractivity contribution < 1.29 is 33.6 Å². The fourth-order valence-corrected chi connectivity index (χ4v) is 5.69. The molecule has 0 bridgehead atoms. The zero-order valence-electron chi connectivity index (χ0n) is 26.7. The number of rotatable bonds is 16. The van der Waals surface area contributed by atoms with Crippen molar-refractivity contribution in [3.63, 3.8) is 0 Å². The number of ketones is 1. The summed E-state index contributed by atoms with van der Waals surface area (Å²) in [6, 6.07) is 10.1. The molecule has 1 atom stereocenters. The van der Waals surface area contributed by atoms with Crippen LogP contribution < -0.4 is 14.2 Å². The topological polar surface area (TPSA) is 97.8 Å². The van der Waals surface area contributed by atoms with Gasteiger partial charge in [-0.15, -0.1) is 0 Å². The highest BCUT2D eigenvalue weighted by Crippen LogP contribution is 2.42. The number of ether oxygens (including phenoxy) is 4. The molecule has 2 aromatic carbocycles. The third kappa shape index (κ3) is 8.12. The second-order valence-corrected chi connectivity index (χ2v) is 11.4. The molecule has 9 nitrogen and oxygen atoms in total. The number of likely N-dealkylation sites (tertiary alicyclic amines) is 1. The Labute approximate surface area is 261 Å². The van der Waals surface area contributed by atoms with Gasteiger partial charge >= 0.3 is 0 Å². The molecule has 0 radical (unpaired) electrons. The molecule has 0 aromatic heterocycles. The van der Waals surface area contributed by atoms with E-state index in [1.807, 2.05) is 25.1 Å². The number of carbonyl (C=O) groups is 2. The number of nitrogens with zero attached hydrogens (tertiary/aromatic N) is 2. The monoisotopic (exact) mass is 608 g/mol. The number of aliphatic hydroxyl groups excluding tert-OH is 1. The van der Waals surface area contributed by atoms with E-state index in [2.05, 4.69) is 18.7 Å². The van der Waals surface area contributed by atoms with E-state index in [0.717, 1.165) is 63.1 Å². The lowest BCUT2D eigenvalue weighted by atomic mass is 9.94. The number of aryl methyl sites for hydroxylation is 1. The molecule has 240 valence electrons. The first-order valence-corrected chi connectivity index (χ1v) is 16.0. The van der Waals surface area contributed by atoms with Crippen molar-refractivity contribution in [2.45, 2.75) is 65.3 Å². The van der Waals surface area contributed by atoms with Gasteiger partial charge < -0.3 is 29.0 Å². The highest BCUT2D eigenvalue weighted by Gasteiger charge is 2.46. The molecule has 44 heavy (non-hydrogen) atoms. The first kappa shape index (κ1) is 33.3. The Balaban J connectivity index is 1.68. The highest BCUT2D eigenvalue weighted by molar-refractivity contribution is 6.46. The van der Waals surface area contributed by atoms with Crippen LogP contribution in [0, 0.1) is 6.92 Å². The van der Waals surface area contributed by atoms with Crippen LogP contribution in [0.15, 0.2) is 42.0 Å². The number of methoxy groups -OCH3 is 1. The predicted octanol–water partition coefficient (Wildman–Crippen LogP) is 5.90. The summed E-state index contributed by atoms with van der Waals surface area (Å²) in [5, 5.41) is 11.6. The van der Waals surface area contributed by atoms with Crippen LogP contribution in [0.1, 0.15) is 75.1 Å². The maximum atomic E-state index is 13.6. The number of carbonyl (C=O) groups excluding carboxylic acids is 2. The number of amides is 1. The molecule has 2 heterocycles. The van der Waals surface area contributed by atoms with Crippen LogP contribution >= 0.6 is 0 Å². The third-order valence-corrected chi connectivity index (χ3v) is 8.23. The molecule has 0 aliphatic carbocycles. The molecule has 1 N–H and O–H groups in total. The van der Waals surface area contributed by atoms with E-state index in [0.29, 0.717) is 62.0 Å². The van der Waals surface area contributed by atoms with Gasteiger partial charge in [-0.25, -0.2) is 0 Å². The van der Waals surface area contributed by atoms with Crippen LogP contribution in [0.5, 0.6) is 17.2 Å². The Morgan fingerprint density at radius 2 is 1.59 bits per heavy atom. The minimum absolute atomic E-state index is 0.0686. The summed E-state index contributed by atoms with van der Waals surface area (Å²) in [5.41, 5.74) is 2.04. The van der Waals surface area contributed by atoms with Gasteiger partial charge in [0, 0.05) is 31.7 Å². The summed E-state index contributed by atoms with van der Waals surface area (Å²) in [7, 11) is 1.57. The number of aliphatic hydroxyl groups is 1. The molecule has 4 rings (SSSR count). The Bertz CT molecular complexity index is 1300. The van der Waals surface area contributed by atoms with Gasteiger partial charge in [-0.2, -0.15) is 0 Å². The van der Waals surface area contributed by atoms with Crippen LogP contribution in [0.3, 0.4) is 0 Å². The molecule has 0 spiro atoms. The van der Waals surface area contributed by atoms with E-state index in [4.69, 9.17) is 18.9 Å². The molecule has 1 unspecified atom stereocenters. The largest absolute Gasteiger partial charge is 0.507 e. The van der Waals surface area contributed by atoms with Crippen molar-refractivity contribution in [3.05, 3.63) is 58.7 Å². The molecule has 2 aliphatic heterocycles. The molecular weight excluding hydrogens is 560 g/mol. The minimum Gasteiger partial charge on any atom is -0.507 e. The SMILES string of the molecule is CCCCCOc1ccc(C2C(=C(O)c3ccc(OCCCC)c(C)c3)C(=O)C(=O)N2CCCN2CCOCC2)cc1OC. The lowest BCUT2D eigenvalue weighted by Crippen LogP contribution is -2.39. The van der Waals surface area contributed by atoms with Gasteiger partial charge in [0.2, 0.25) is 0 Å². The summed E-state index contributed by atoms with van der Waals surface area (Å²) in [6.45, 7) is 11.6. The summed E-state index contributed by atoms with van der Waals surface area (Å²) >= 11 is 0. The van der Waals surface area contributed by atoms with Crippen LogP contribution in [0.4, 0.5) is 0 Å². The van der Waals surface area contributed by atoms with E-state index < -0.39 is 17.7 Å². The highest BCUT2D eigenvalue weighted by atomic mass is 16.5. The number of morpholine rings is 1. The summed E-state index contributed by atoms with van der Waals surface area (Å²) in [5.74, 6) is 0.334. The number of benzene rings is 2. The van der Waals surface area contributed by atoms with Crippen molar-refractivity contribution >= 4 is 17.4 Å². The van der Waals surface area contributed by atoms with E-state index in [9.17, 15) is 14.7 Å². The van der Waals surface area contributed by atoms with E-state index >= 15 is 0 Å². The zero-order valence-corrected chi connectivity index (χ0v) is 26.7. The summed E-state index contributed by atoms with van der Waals surface area (Å²) < 4.78 is 23.0. The average Bonchev–Trinajstić information content (AvgIpc) is 3.29. The second-order valence-electron chi connectivity index (χ2n) is 11.4. The van der Waals surface area contributed by atoms with Gasteiger partial charge in [-0.3, -0.25) is 14.5 Å². The standard InChI is InChI=1S/C35H48N2O7/c1-5-7-9-20-44-29-14-11-26(24-30(29)41-4)32-31(33(38)27-12-13-28(25(3)23-27)43-19-8-6-2)34(39)35(40)37(32)16-10-15-36-17-21-42-22-18-36/h11-14,23-24,32,38H,5-10,15-22H2,1-4H3.